The summed E-state index contributed by atoms with van der Waals surface area (Å²) >= 11 is 6.01. The third-order valence-electron chi connectivity index (χ3n) is 3.50. The van der Waals surface area contributed by atoms with E-state index in [9.17, 15) is 5.11 Å². The first-order valence-corrected chi connectivity index (χ1v) is 7.21. The van der Waals surface area contributed by atoms with Crippen LogP contribution in [0.1, 0.15) is 27.2 Å². The highest BCUT2D eigenvalue weighted by Gasteiger charge is 2.24. The van der Waals surface area contributed by atoms with Crippen LogP contribution in [0, 0.1) is 5.41 Å². The van der Waals surface area contributed by atoms with Crippen LogP contribution in [0.4, 0.5) is 5.69 Å². The highest BCUT2D eigenvalue weighted by atomic mass is 35.5. The lowest BCUT2D eigenvalue weighted by Gasteiger charge is -2.32. The lowest BCUT2D eigenvalue weighted by molar-refractivity contribution is 0.235. The second kappa shape index (κ2) is 5.98. The van der Waals surface area contributed by atoms with Crippen molar-refractivity contribution >= 4 is 28.2 Å². The molecule has 1 aromatic carbocycles. The number of benzene rings is 1. The van der Waals surface area contributed by atoms with E-state index >= 15 is 0 Å². The molecular formula is C16H21ClN2O. The average molecular weight is 293 g/mol. The van der Waals surface area contributed by atoms with Gasteiger partial charge in [-0.2, -0.15) is 0 Å². The zero-order chi connectivity index (χ0) is 14.8. The molecule has 108 valence electrons. The maximum Gasteiger partial charge on any atom is 0.0737 e. The molecule has 20 heavy (non-hydrogen) atoms. The van der Waals surface area contributed by atoms with E-state index in [1.165, 1.54) is 0 Å². The third-order valence-corrected chi connectivity index (χ3v) is 3.73. The smallest absolute Gasteiger partial charge is 0.0737 e. The quantitative estimate of drug-likeness (QED) is 0.892. The normalized spacial score (nSPS) is 13.4. The first-order chi connectivity index (χ1) is 9.41. The Labute approximate surface area is 125 Å². The largest absolute Gasteiger partial charge is 0.396 e. The monoisotopic (exact) mass is 292 g/mol. The lowest BCUT2D eigenvalue weighted by atomic mass is 9.84. The van der Waals surface area contributed by atoms with Crippen molar-refractivity contribution in [1.29, 1.82) is 0 Å². The van der Waals surface area contributed by atoms with Crippen molar-refractivity contribution in [2.24, 2.45) is 5.41 Å². The summed E-state index contributed by atoms with van der Waals surface area (Å²) in [7, 11) is 0. The third kappa shape index (κ3) is 3.41. The molecule has 0 amide bonds. The van der Waals surface area contributed by atoms with Gasteiger partial charge in [0.05, 0.1) is 5.52 Å². The topological polar surface area (TPSA) is 45.1 Å². The molecule has 0 radical (unpaired) electrons. The summed E-state index contributed by atoms with van der Waals surface area (Å²) in [5.41, 5.74) is 1.96. The van der Waals surface area contributed by atoms with Gasteiger partial charge in [-0.3, -0.25) is 4.98 Å². The Hall–Kier alpha value is -1.32. The molecule has 0 bridgehead atoms. The van der Waals surface area contributed by atoms with Gasteiger partial charge in [0.25, 0.3) is 0 Å². The zero-order valence-electron chi connectivity index (χ0n) is 12.2. The predicted octanol–water partition coefficient (Wildman–Crippen LogP) is 4.10. The second-order valence-electron chi connectivity index (χ2n) is 6.10. The van der Waals surface area contributed by atoms with Crippen LogP contribution in [0.2, 0.25) is 5.02 Å². The maximum atomic E-state index is 9.26. The van der Waals surface area contributed by atoms with Crippen molar-refractivity contribution in [3.63, 3.8) is 0 Å². The summed E-state index contributed by atoms with van der Waals surface area (Å²) in [6.45, 7) is 6.67. The molecule has 3 nitrogen and oxygen atoms in total. The van der Waals surface area contributed by atoms with Gasteiger partial charge in [-0.1, -0.05) is 32.4 Å². The Kier molecular flexibility index (Phi) is 4.51. The molecule has 0 saturated carbocycles. The number of nitrogens with one attached hydrogen (secondary N) is 1. The highest BCUT2D eigenvalue weighted by molar-refractivity contribution is 6.31. The summed E-state index contributed by atoms with van der Waals surface area (Å²) in [5, 5.41) is 14.5. The fourth-order valence-electron chi connectivity index (χ4n) is 2.29. The van der Waals surface area contributed by atoms with Gasteiger partial charge >= 0.3 is 0 Å². The van der Waals surface area contributed by atoms with E-state index in [4.69, 9.17) is 11.6 Å². The summed E-state index contributed by atoms with van der Waals surface area (Å²) in [5.74, 6) is 0. The highest BCUT2D eigenvalue weighted by Crippen LogP contribution is 2.29. The van der Waals surface area contributed by atoms with Gasteiger partial charge < -0.3 is 10.4 Å². The van der Waals surface area contributed by atoms with Gasteiger partial charge in [-0.05, 0) is 36.1 Å². The van der Waals surface area contributed by atoms with Crippen molar-refractivity contribution in [1.82, 2.24) is 4.98 Å². The number of rotatable bonds is 4. The Morgan fingerprint density at radius 3 is 2.70 bits per heavy atom. The summed E-state index contributed by atoms with van der Waals surface area (Å²) < 4.78 is 0. The van der Waals surface area contributed by atoms with Crippen molar-refractivity contribution in [2.75, 3.05) is 11.9 Å². The minimum Gasteiger partial charge on any atom is -0.396 e. The van der Waals surface area contributed by atoms with Gasteiger partial charge in [-0.15, -0.1) is 0 Å². The number of aliphatic hydroxyl groups is 1. The molecule has 4 heteroatoms. The fourth-order valence-corrected chi connectivity index (χ4v) is 2.45. The van der Waals surface area contributed by atoms with Gasteiger partial charge in [0.1, 0.15) is 0 Å². The lowest BCUT2D eigenvalue weighted by Crippen LogP contribution is -2.34. The van der Waals surface area contributed by atoms with Crippen molar-refractivity contribution in [2.45, 2.75) is 33.2 Å². The molecule has 0 fully saturated rings. The molecule has 0 spiro atoms. The van der Waals surface area contributed by atoms with E-state index in [2.05, 4.69) is 31.1 Å². The van der Waals surface area contributed by atoms with Crippen LogP contribution in [0.15, 0.2) is 30.5 Å². The number of halogens is 1. The Balaban J connectivity index is 2.37. The van der Waals surface area contributed by atoms with E-state index in [1.54, 1.807) is 6.20 Å². The van der Waals surface area contributed by atoms with Crippen LogP contribution in [0.25, 0.3) is 10.9 Å². The molecule has 0 aliphatic heterocycles. The van der Waals surface area contributed by atoms with Gasteiger partial charge in [0.2, 0.25) is 0 Å². The molecule has 2 N–H and O–H groups in total. The SMILES string of the molecule is CC(C)(C)C(CCO)Nc1ccnc2cc(Cl)ccc12. The maximum absolute atomic E-state index is 9.26. The van der Waals surface area contributed by atoms with Crippen LogP contribution in [0.3, 0.4) is 0 Å². The van der Waals surface area contributed by atoms with E-state index in [0.29, 0.717) is 11.4 Å². The molecule has 2 rings (SSSR count). The number of aliphatic hydroxyl groups excluding tert-OH is 1. The Morgan fingerprint density at radius 2 is 2.05 bits per heavy atom. The summed E-state index contributed by atoms with van der Waals surface area (Å²) in [4.78, 5) is 4.34. The number of hydrogen-bond acceptors (Lipinski definition) is 3. The number of aromatic nitrogens is 1. The van der Waals surface area contributed by atoms with Crippen LogP contribution in [0.5, 0.6) is 0 Å². The molecule has 0 aliphatic rings. The van der Waals surface area contributed by atoms with Crippen LogP contribution < -0.4 is 5.32 Å². The molecule has 2 aromatic rings. The molecule has 1 aromatic heterocycles. The molecule has 1 unspecified atom stereocenters. The van der Waals surface area contributed by atoms with Crippen molar-refractivity contribution in [3.8, 4) is 0 Å². The first-order valence-electron chi connectivity index (χ1n) is 6.83. The Bertz CT molecular complexity index is 593. The molecule has 1 atom stereocenters. The van der Waals surface area contributed by atoms with Gasteiger partial charge in [-0.25, -0.2) is 0 Å². The summed E-state index contributed by atoms with van der Waals surface area (Å²) in [6, 6.07) is 7.86. The van der Waals surface area contributed by atoms with E-state index in [-0.39, 0.29) is 18.1 Å². The Morgan fingerprint density at radius 1 is 1.30 bits per heavy atom. The summed E-state index contributed by atoms with van der Waals surface area (Å²) in [6.07, 6.45) is 2.49. The van der Waals surface area contributed by atoms with Crippen LogP contribution in [-0.2, 0) is 0 Å². The number of pyridine rings is 1. The first kappa shape index (κ1) is 15.1. The second-order valence-corrected chi connectivity index (χ2v) is 6.53. The fraction of sp³-hybridized carbons (Fsp3) is 0.438. The van der Waals surface area contributed by atoms with E-state index in [1.807, 2.05) is 24.3 Å². The minimum atomic E-state index is 0.0603. The van der Waals surface area contributed by atoms with Crippen LogP contribution in [-0.4, -0.2) is 22.7 Å². The van der Waals surface area contributed by atoms with Crippen molar-refractivity contribution in [3.05, 3.63) is 35.5 Å². The molecule has 1 heterocycles. The number of fused-ring (bicyclic) bond motifs is 1. The molecular weight excluding hydrogens is 272 g/mol. The molecule has 0 aliphatic carbocycles. The molecule has 0 saturated heterocycles. The van der Waals surface area contributed by atoms with Gasteiger partial charge in [0.15, 0.2) is 0 Å². The van der Waals surface area contributed by atoms with E-state index < -0.39 is 0 Å². The number of nitrogens with zero attached hydrogens (tertiary/aromatic N) is 1. The van der Waals surface area contributed by atoms with Crippen LogP contribution >= 0.6 is 11.6 Å². The zero-order valence-corrected chi connectivity index (χ0v) is 12.9. The number of hydrogen-bond donors (Lipinski definition) is 2. The standard InChI is InChI=1S/C16H21ClN2O/c1-16(2,3)15(7-9-20)19-13-6-8-18-14-10-11(17)4-5-12(13)14/h4-6,8,10,15,20H,7,9H2,1-3H3,(H,18,19). The van der Waals surface area contributed by atoms with E-state index in [0.717, 1.165) is 16.6 Å². The predicted molar refractivity (Wildman–Crippen MR) is 85.3 cm³/mol. The minimum absolute atomic E-state index is 0.0603. The van der Waals surface area contributed by atoms with Gasteiger partial charge in [0, 0.05) is 34.9 Å². The van der Waals surface area contributed by atoms with Crippen molar-refractivity contribution < 1.29 is 5.11 Å². The number of anilines is 1. The average Bonchev–Trinajstić information content (AvgIpc) is 2.37.